The third kappa shape index (κ3) is 5.44. The summed E-state index contributed by atoms with van der Waals surface area (Å²) in [6.45, 7) is 10.9. The molecule has 2 saturated heterocycles. The van der Waals surface area contributed by atoms with Gasteiger partial charge in [-0.05, 0) is 73.1 Å². The summed E-state index contributed by atoms with van der Waals surface area (Å²) >= 11 is 0. The van der Waals surface area contributed by atoms with Crippen molar-refractivity contribution < 1.29 is 14.6 Å². The number of aliphatic hydroxyl groups is 1. The molecule has 0 aromatic rings. The molecule has 0 saturated carbocycles. The Labute approximate surface area is 141 Å². The molecule has 0 aliphatic carbocycles. The second-order valence-corrected chi connectivity index (χ2v) is 7.98. The van der Waals surface area contributed by atoms with E-state index in [9.17, 15) is 0 Å². The van der Waals surface area contributed by atoms with Crippen molar-refractivity contribution in [1.82, 2.24) is 0 Å². The van der Waals surface area contributed by atoms with Gasteiger partial charge in [-0.1, -0.05) is 23.3 Å². The maximum absolute atomic E-state index is 8.99. The van der Waals surface area contributed by atoms with Crippen molar-refractivity contribution in [2.75, 3.05) is 6.61 Å². The summed E-state index contributed by atoms with van der Waals surface area (Å²) in [6, 6.07) is 0. The third-order valence-electron chi connectivity index (χ3n) is 5.34. The lowest BCUT2D eigenvalue weighted by Crippen LogP contribution is -2.14. The van der Waals surface area contributed by atoms with Gasteiger partial charge in [-0.25, -0.2) is 0 Å². The van der Waals surface area contributed by atoms with Crippen LogP contribution in [0.25, 0.3) is 0 Å². The maximum Gasteiger partial charge on any atom is 0.0923 e. The highest BCUT2D eigenvalue weighted by molar-refractivity contribution is 5.06. The summed E-state index contributed by atoms with van der Waals surface area (Å²) in [7, 11) is 0. The van der Waals surface area contributed by atoms with Gasteiger partial charge >= 0.3 is 0 Å². The minimum atomic E-state index is 0.0493. The third-order valence-corrected chi connectivity index (χ3v) is 5.34. The maximum atomic E-state index is 8.99. The van der Waals surface area contributed by atoms with Gasteiger partial charge in [0.1, 0.15) is 0 Å². The molecule has 2 aliphatic heterocycles. The number of hydrogen-bond acceptors (Lipinski definition) is 3. The van der Waals surface area contributed by atoms with E-state index in [1.54, 1.807) is 0 Å². The Kier molecular flexibility index (Phi) is 6.10. The quantitative estimate of drug-likeness (QED) is 0.474. The molecule has 0 radical (unpaired) electrons. The van der Waals surface area contributed by atoms with Gasteiger partial charge in [-0.15, -0.1) is 0 Å². The van der Waals surface area contributed by atoms with E-state index in [-0.39, 0.29) is 17.8 Å². The summed E-state index contributed by atoms with van der Waals surface area (Å²) < 4.78 is 11.9. The fourth-order valence-electron chi connectivity index (χ4n) is 3.36. The number of ether oxygens (including phenoxy) is 2. The zero-order chi connectivity index (χ0) is 17.1. The second-order valence-electron chi connectivity index (χ2n) is 7.98. The standard InChI is InChI=1S/C20H34O3/c1-15(2)8-7-12-19(4)18(23-19)11-13-20(5)17(22-20)10-6-9-16(3)14-21/h8-9,17-18,21H,6-7,10-14H2,1-5H3/b16-9+/t17-,18+,19+,20-/m0/s1. The van der Waals surface area contributed by atoms with E-state index in [4.69, 9.17) is 14.6 Å². The average molecular weight is 322 g/mol. The molecule has 3 heteroatoms. The second kappa shape index (κ2) is 7.50. The van der Waals surface area contributed by atoms with Crippen molar-refractivity contribution in [3.8, 4) is 0 Å². The Morgan fingerprint density at radius 3 is 2.13 bits per heavy atom. The molecule has 23 heavy (non-hydrogen) atoms. The minimum Gasteiger partial charge on any atom is -0.392 e. The zero-order valence-electron chi connectivity index (χ0n) is 15.5. The van der Waals surface area contributed by atoms with Gasteiger partial charge in [0.15, 0.2) is 0 Å². The van der Waals surface area contributed by atoms with E-state index >= 15 is 0 Å². The molecule has 4 atom stereocenters. The molecule has 2 fully saturated rings. The molecule has 132 valence electrons. The van der Waals surface area contributed by atoms with Crippen molar-refractivity contribution >= 4 is 0 Å². The van der Waals surface area contributed by atoms with Crippen molar-refractivity contribution in [1.29, 1.82) is 0 Å². The van der Waals surface area contributed by atoms with Crippen LogP contribution in [0.3, 0.4) is 0 Å². The fraction of sp³-hybridized carbons (Fsp3) is 0.800. The normalized spacial score (nSPS) is 36.0. The van der Waals surface area contributed by atoms with Gasteiger partial charge in [0.25, 0.3) is 0 Å². The van der Waals surface area contributed by atoms with Crippen molar-refractivity contribution in [2.45, 2.75) is 96.6 Å². The Morgan fingerprint density at radius 2 is 1.52 bits per heavy atom. The van der Waals surface area contributed by atoms with Crippen LogP contribution in [0.2, 0.25) is 0 Å². The molecule has 0 aromatic heterocycles. The van der Waals surface area contributed by atoms with E-state index in [0.29, 0.717) is 12.2 Å². The van der Waals surface area contributed by atoms with Gasteiger partial charge < -0.3 is 14.6 Å². The Bertz CT molecular complexity index is 464. The Hall–Kier alpha value is -0.640. The van der Waals surface area contributed by atoms with Crippen molar-refractivity contribution in [3.05, 3.63) is 23.3 Å². The van der Waals surface area contributed by atoms with Crippen LogP contribution < -0.4 is 0 Å². The number of hydrogen-bond donors (Lipinski definition) is 1. The van der Waals surface area contributed by atoms with Gasteiger partial charge in [0.05, 0.1) is 30.0 Å². The molecule has 2 aliphatic rings. The summed E-state index contributed by atoms with van der Waals surface area (Å²) in [5.41, 5.74) is 2.57. The highest BCUT2D eigenvalue weighted by Gasteiger charge is 2.55. The molecule has 0 aromatic carbocycles. The smallest absolute Gasteiger partial charge is 0.0923 e. The lowest BCUT2D eigenvalue weighted by Gasteiger charge is -2.07. The molecular weight excluding hydrogens is 288 g/mol. The molecule has 2 rings (SSSR count). The van der Waals surface area contributed by atoms with Crippen molar-refractivity contribution in [2.24, 2.45) is 0 Å². The van der Waals surface area contributed by atoms with Crippen LogP contribution in [-0.2, 0) is 9.47 Å². The van der Waals surface area contributed by atoms with E-state index in [1.165, 1.54) is 5.57 Å². The summed E-state index contributed by atoms with van der Waals surface area (Å²) in [5.74, 6) is 0. The molecule has 0 unspecified atom stereocenters. The number of aliphatic hydroxyl groups excluding tert-OH is 1. The molecule has 1 N–H and O–H groups in total. The van der Waals surface area contributed by atoms with Gasteiger partial charge in [0.2, 0.25) is 0 Å². The lowest BCUT2D eigenvalue weighted by atomic mass is 9.92. The van der Waals surface area contributed by atoms with E-state index < -0.39 is 0 Å². The first-order valence-electron chi connectivity index (χ1n) is 9.04. The monoisotopic (exact) mass is 322 g/mol. The summed E-state index contributed by atoms with van der Waals surface area (Å²) in [5, 5.41) is 8.99. The van der Waals surface area contributed by atoms with E-state index in [1.807, 2.05) is 6.92 Å². The van der Waals surface area contributed by atoms with Crippen molar-refractivity contribution in [3.63, 3.8) is 0 Å². The number of rotatable bonds is 10. The average Bonchev–Trinajstić information content (AvgIpc) is 3.33. The summed E-state index contributed by atoms with van der Waals surface area (Å²) in [6.07, 6.45) is 11.7. The highest BCUT2D eigenvalue weighted by atomic mass is 16.6. The van der Waals surface area contributed by atoms with Gasteiger partial charge in [0, 0.05) is 0 Å². The van der Waals surface area contributed by atoms with Gasteiger partial charge in [-0.2, -0.15) is 0 Å². The zero-order valence-corrected chi connectivity index (χ0v) is 15.5. The van der Waals surface area contributed by atoms with Crippen LogP contribution in [0.4, 0.5) is 0 Å². The molecule has 2 heterocycles. The Morgan fingerprint density at radius 1 is 0.913 bits per heavy atom. The van der Waals surface area contributed by atoms with Crippen LogP contribution in [0.15, 0.2) is 23.3 Å². The molecule has 3 nitrogen and oxygen atoms in total. The van der Waals surface area contributed by atoms with E-state index in [2.05, 4.69) is 39.8 Å². The van der Waals surface area contributed by atoms with Crippen LogP contribution in [0.5, 0.6) is 0 Å². The predicted octanol–water partition coefficient (Wildman–Crippen LogP) is 4.55. The predicted molar refractivity (Wildman–Crippen MR) is 94.5 cm³/mol. The summed E-state index contributed by atoms with van der Waals surface area (Å²) in [4.78, 5) is 0. The molecule has 0 spiro atoms. The molecular formula is C20H34O3. The largest absolute Gasteiger partial charge is 0.392 e. The number of epoxide rings is 2. The first-order valence-corrected chi connectivity index (χ1v) is 9.04. The highest BCUT2D eigenvalue weighted by Crippen LogP contribution is 2.48. The topological polar surface area (TPSA) is 45.3 Å². The van der Waals surface area contributed by atoms with Crippen LogP contribution >= 0.6 is 0 Å². The fourth-order valence-corrected chi connectivity index (χ4v) is 3.36. The first-order chi connectivity index (χ1) is 10.8. The van der Waals surface area contributed by atoms with Gasteiger partial charge in [-0.3, -0.25) is 0 Å². The molecule has 0 bridgehead atoms. The SMILES string of the molecule is CC(C)=CCC[C@@]1(C)O[C@@H]1CC[C@]1(C)O[C@H]1CC/C=C(\C)CO. The van der Waals surface area contributed by atoms with Crippen LogP contribution in [0, 0.1) is 0 Å². The van der Waals surface area contributed by atoms with E-state index in [0.717, 1.165) is 44.1 Å². The lowest BCUT2D eigenvalue weighted by molar-refractivity contribution is 0.270. The van der Waals surface area contributed by atoms with Crippen LogP contribution in [0.1, 0.15) is 73.1 Å². The number of allylic oxidation sites excluding steroid dienone is 3. The first kappa shape index (κ1) is 18.7. The minimum absolute atomic E-state index is 0.0493. The van der Waals surface area contributed by atoms with Crippen LogP contribution in [-0.4, -0.2) is 35.1 Å². The molecule has 0 amide bonds. The Balaban J connectivity index is 1.63.